The van der Waals surface area contributed by atoms with Crippen molar-refractivity contribution in [2.24, 2.45) is 0 Å². The van der Waals surface area contributed by atoms with Crippen molar-refractivity contribution in [2.45, 2.75) is 31.0 Å². The second kappa shape index (κ2) is 8.03. The summed E-state index contributed by atoms with van der Waals surface area (Å²) in [7, 11) is 0. The van der Waals surface area contributed by atoms with Gasteiger partial charge in [-0.1, -0.05) is 47.1 Å². The fourth-order valence-corrected chi connectivity index (χ4v) is 3.44. The van der Waals surface area contributed by atoms with Crippen molar-refractivity contribution >= 4 is 17.7 Å². The zero-order valence-electron chi connectivity index (χ0n) is 14.3. The molecule has 1 N–H and O–H groups in total. The Hall–Kier alpha value is -2.53. The molecule has 1 aromatic heterocycles. The molecule has 0 bridgehead atoms. The third-order valence-electron chi connectivity index (χ3n) is 3.71. The van der Waals surface area contributed by atoms with Gasteiger partial charge in [0.1, 0.15) is 5.76 Å². The van der Waals surface area contributed by atoms with E-state index in [2.05, 4.69) is 16.5 Å². The molecule has 0 unspecified atom stereocenters. The lowest BCUT2D eigenvalue weighted by atomic mass is 10.1. The van der Waals surface area contributed by atoms with Gasteiger partial charge in [0.2, 0.25) is 0 Å². The molecule has 4 nitrogen and oxygen atoms in total. The number of hydrogen-bond acceptors (Lipinski definition) is 4. The number of benzene rings is 2. The maximum Gasteiger partial charge on any atom is 0.252 e. The Kier molecular flexibility index (Phi) is 5.56. The van der Waals surface area contributed by atoms with Crippen LogP contribution in [-0.4, -0.2) is 11.1 Å². The molecule has 25 heavy (non-hydrogen) atoms. The third kappa shape index (κ3) is 4.73. The summed E-state index contributed by atoms with van der Waals surface area (Å²) < 4.78 is 5.23. The lowest BCUT2D eigenvalue weighted by molar-refractivity contribution is 0.0948. The van der Waals surface area contributed by atoms with Gasteiger partial charge in [-0.05, 0) is 31.5 Å². The van der Waals surface area contributed by atoms with E-state index in [1.165, 1.54) is 5.56 Å². The van der Waals surface area contributed by atoms with Gasteiger partial charge in [0.15, 0.2) is 0 Å². The number of carbonyl (C=O) groups is 1. The van der Waals surface area contributed by atoms with Crippen LogP contribution >= 0.6 is 11.8 Å². The number of nitrogens with zero attached hydrogens (tertiary/aromatic N) is 1. The highest BCUT2D eigenvalue weighted by Crippen LogP contribution is 2.26. The quantitative estimate of drug-likeness (QED) is 0.663. The number of thioether (sulfide) groups is 1. The Labute approximate surface area is 151 Å². The molecule has 0 aliphatic heterocycles. The van der Waals surface area contributed by atoms with Gasteiger partial charge >= 0.3 is 0 Å². The molecule has 0 atom stereocenters. The van der Waals surface area contributed by atoms with Crippen LogP contribution in [0, 0.1) is 13.8 Å². The topological polar surface area (TPSA) is 55.1 Å². The van der Waals surface area contributed by atoms with Gasteiger partial charge in [0, 0.05) is 17.5 Å². The summed E-state index contributed by atoms with van der Waals surface area (Å²) in [5.41, 5.74) is 3.82. The molecule has 0 fully saturated rings. The number of carbonyl (C=O) groups excluding carboxylic acids is 1. The molecule has 1 heterocycles. The van der Waals surface area contributed by atoms with E-state index >= 15 is 0 Å². The average molecular weight is 352 g/mol. The molecule has 3 rings (SSSR count). The largest absolute Gasteiger partial charge is 0.360 e. The molecule has 0 radical (unpaired) electrons. The molecule has 2 aromatic carbocycles. The zero-order chi connectivity index (χ0) is 17.6. The van der Waals surface area contributed by atoms with Crippen molar-refractivity contribution in [2.75, 3.05) is 0 Å². The lowest BCUT2D eigenvalue weighted by Crippen LogP contribution is -2.23. The summed E-state index contributed by atoms with van der Waals surface area (Å²) in [6, 6.07) is 17.7. The highest BCUT2D eigenvalue weighted by Gasteiger charge is 2.12. The monoisotopic (exact) mass is 352 g/mol. The summed E-state index contributed by atoms with van der Waals surface area (Å²) in [5.74, 6) is 1.37. The maximum atomic E-state index is 12.6. The molecular weight excluding hydrogens is 332 g/mol. The second-order valence-electron chi connectivity index (χ2n) is 5.89. The number of aromatic nitrogens is 1. The minimum Gasteiger partial charge on any atom is -0.360 e. The molecule has 3 aromatic rings. The first-order chi connectivity index (χ1) is 12.1. The maximum absolute atomic E-state index is 12.6. The molecule has 0 aliphatic carbocycles. The second-order valence-corrected chi connectivity index (χ2v) is 6.91. The van der Waals surface area contributed by atoms with Crippen LogP contribution in [0.4, 0.5) is 0 Å². The van der Waals surface area contributed by atoms with Crippen molar-refractivity contribution in [3.8, 4) is 0 Å². The van der Waals surface area contributed by atoms with Crippen molar-refractivity contribution in [1.82, 2.24) is 10.5 Å². The van der Waals surface area contributed by atoms with Crippen LogP contribution in [0.25, 0.3) is 0 Å². The van der Waals surface area contributed by atoms with E-state index in [9.17, 15) is 4.79 Å². The van der Waals surface area contributed by atoms with Crippen LogP contribution < -0.4 is 5.32 Å². The SMILES string of the molecule is Cc1cccc(CNC(=O)c2ccccc2SCc2cc(C)no2)c1. The molecule has 0 saturated carbocycles. The minimum absolute atomic E-state index is 0.0710. The predicted molar refractivity (Wildman–Crippen MR) is 99.6 cm³/mol. The number of nitrogens with one attached hydrogen (secondary N) is 1. The van der Waals surface area contributed by atoms with Crippen molar-refractivity contribution in [3.63, 3.8) is 0 Å². The van der Waals surface area contributed by atoms with Gasteiger partial charge in [-0.2, -0.15) is 0 Å². The van der Waals surface area contributed by atoms with E-state index in [4.69, 9.17) is 4.52 Å². The first kappa shape index (κ1) is 17.3. The van der Waals surface area contributed by atoms with E-state index < -0.39 is 0 Å². The van der Waals surface area contributed by atoms with E-state index in [0.717, 1.165) is 21.9 Å². The van der Waals surface area contributed by atoms with Crippen LogP contribution in [0.5, 0.6) is 0 Å². The fourth-order valence-electron chi connectivity index (χ4n) is 2.51. The van der Waals surface area contributed by atoms with Crippen LogP contribution in [-0.2, 0) is 12.3 Å². The highest BCUT2D eigenvalue weighted by atomic mass is 32.2. The zero-order valence-corrected chi connectivity index (χ0v) is 15.1. The van der Waals surface area contributed by atoms with E-state index in [1.54, 1.807) is 11.8 Å². The Morgan fingerprint density at radius 3 is 2.72 bits per heavy atom. The Bertz CT molecular complexity index is 873. The van der Waals surface area contributed by atoms with E-state index in [-0.39, 0.29) is 5.91 Å². The molecular formula is C20H20N2O2S. The summed E-state index contributed by atoms with van der Waals surface area (Å²) >= 11 is 1.57. The van der Waals surface area contributed by atoms with Gasteiger partial charge in [0.05, 0.1) is 17.0 Å². The molecule has 0 aliphatic rings. The van der Waals surface area contributed by atoms with Crippen molar-refractivity contribution in [3.05, 3.63) is 82.7 Å². The standard InChI is InChI=1S/C20H20N2O2S/c1-14-6-5-7-16(10-14)12-21-20(23)18-8-3-4-9-19(18)25-13-17-11-15(2)22-24-17/h3-11H,12-13H2,1-2H3,(H,21,23). The lowest BCUT2D eigenvalue weighted by Gasteiger charge is -2.10. The van der Waals surface area contributed by atoms with Crippen molar-refractivity contribution in [1.29, 1.82) is 0 Å². The molecule has 5 heteroatoms. The number of amides is 1. The fraction of sp³-hybridized carbons (Fsp3) is 0.200. The van der Waals surface area contributed by atoms with Gasteiger partial charge in [0.25, 0.3) is 5.91 Å². The predicted octanol–water partition coefficient (Wildman–Crippen LogP) is 4.51. The summed E-state index contributed by atoms with van der Waals surface area (Å²) in [6.07, 6.45) is 0. The Balaban J connectivity index is 1.65. The number of aryl methyl sites for hydroxylation is 2. The number of rotatable bonds is 6. The van der Waals surface area contributed by atoms with Gasteiger partial charge in [-0.25, -0.2) is 0 Å². The third-order valence-corrected chi connectivity index (χ3v) is 4.81. The number of hydrogen-bond donors (Lipinski definition) is 1. The van der Waals surface area contributed by atoms with Gasteiger partial charge in [-0.3, -0.25) is 4.79 Å². The van der Waals surface area contributed by atoms with Crippen LogP contribution in [0.3, 0.4) is 0 Å². The van der Waals surface area contributed by atoms with E-state index in [1.807, 2.05) is 62.4 Å². The highest BCUT2D eigenvalue weighted by molar-refractivity contribution is 7.98. The first-order valence-electron chi connectivity index (χ1n) is 8.09. The van der Waals surface area contributed by atoms with Gasteiger partial charge < -0.3 is 9.84 Å². The first-order valence-corrected chi connectivity index (χ1v) is 9.08. The molecule has 0 spiro atoms. The Morgan fingerprint density at radius 2 is 1.96 bits per heavy atom. The smallest absolute Gasteiger partial charge is 0.252 e. The Morgan fingerprint density at radius 1 is 1.12 bits per heavy atom. The van der Waals surface area contributed by atoms with Crippen molar-refractivity contribution < 1.29 is 9.32 Å². The minimum atomic E-state index is -0.0710. The van der Waals surface area contributed by atoms with Gasteiger partial charge in [-0.15, -0.1) is 11.8 Å². The van der Waals surface area contributed by atoms with Crippen LogP contribution in [0.2, 0.25) is 0 Å². The summed E-state index contributed by atoms with van der Waals surface area (Å²) in [6.45, 7) is 4.45. The van der Waals surface area contributed by atoms with Crippen LogP contribution in [0.15, 0.2) is 64.0 Å². The molecule has 1 amide bonds. The summed E-state index contributed by atoms with van der Waals surface area (Å²) in [5, 5.41) is 6.89. The molecule has 0 saturated heterocycles. The molecule has 128 valence electrons. The normalized spacial score (nSPS) is 10.6. The average Bonchev–Trinajstić information content (AvgIpc) is 3.03. The van der Waals surface area contributed by atoms with Crippen LogP contribution in [0.1, 0.15) is 32.9 Å². The summed E-state index contributed by atoms with van der Waals surface area (Å²) in [4.78, 5) is 13.5. The van der Waals surface area contributed by atoms with E-state index in [0.29, 0.717) is 17.9 Å².